The molecule has 1 aliphatic rings. The smallest absolute Gasteiger partial charge is 0.231 e. The number of fused-ring (bicyclic) bond motifs is 1. The summed E-state index contributed by atoms with van der Waals surface area (Å²) in [5, 5.41) is 0. The molecule has 0 aromatic heterocycles. The first-order valence-corrected chi connectivity index (χ1v) is 11.2. The predicted molar refractivity (Wildman–Crippen MR) is 121 cm³/mol. The lowest BCUT2D eigenvalue weighted by atomic mass is 10.1. The highest BCUT2D eigenvalue weighted by Crippen LogP contribution is 2.32. The molecule has 30 heavy (non-hydrogen) atoms. The molecule has 0 aliphatic carbocycles. The Morgan fingerprint density at radius 2 is 1.63 bits per heavy atom. The molecule has 0 radical (unpaired) electrons. The predicted octanol–water partition coefficient (Wildman–Crippen LogP) is 4.40. The van der Waals surface area contributed by atoms with Crippen LogP contribution in [0.3, 0.4) is 0 Å². The lowest BCUT2D eigenvalue weighted by Crippen LogP contribution is -3.09. The van der Waals surface area contributed by atoms with Gasteiger partial charge in [0.1, 0.15) is 18.8 Å². The normalized spacial score (nSPS) is 13.3. The Morgan fingerprint density at radius 1 is 0.867 bits per heavy atom. The van der Waals surface area contributed by atoms with Crippen molar-refractivity contribution in [3.8, 4) is 17.2 Å². The zero-order valence-electron chi connectivity index (χ0n) is 17.2. The summed E-state index contributed by atoms with van der Waals surface area (Å²) >= 11 is 3.60. The van der Waals surface area contributed by atoms with Gasteiger partial charge in [-0.15, -0.1) is 0 Å². The van der Waals surface area contributed by atoms with E-state index in [0.717, 1.165) is 47.8 Å². The zero-order chi connectivity index (χ0) is 20.8. The molecular weight excluding hydrogens is 442 g/mol. The van der Waals surface area contributed by atoms with Crippen molar-refractivity contribution in [2.45, 2.75) is 26.4 Å². The molecule has 156 valence electrons. The molecule has 0 spiro atoms. The van der Waals surface area contributed by atoms with E-state index in [9.17, 15) is 0 Å². The summed E-state index contributed by atoms with van der Waals surface area (Å²) in [5.41, 5.74) is 3.92. The Hall–Kier alpha value is -2.50. The van der Waals surface area contributed by atoms with Crippen molar-refractivity contribution in [1.29, 1.82) is 0 Å². The summed E-state index contributed by atoms with van der Waals surface area (Å²) in [6.07, 6.45) is 0.983. The van der Waals surface area contributed by atoms with Gasteiger partial charge >= 0.3 is 0 Å². The Balaban J connectivity index is 1.46. The SMILES string of the molecule is CCOc1ccc(C[NH+](CCc2ccc3c(c2)OCO3)Cc2cccc(Br)c2)cc1. The topological polar surface area (TPSA) is 32.1 Å². The lowest BCUT2D eigenvalue weighted by molar-refractivity contribution is -0.927. The maximum atomic E-state index is 5.58. The van der Waals surface area contributed by atoms with E-state index in [4.69, 9.17) is 14.2 Å². The quantitative estimate of drug-likeness (QED) is 0.504. The monoisotopic (exact) mass is 468 g/mol. The van der Waals surface area contributed by atoms with Crippen LogP contribution in [0, 0.1) is 0 Å². The average Bonchev–Trinajstić information content (AvgIpc) is 3.21. The van der Waals surface area contributed by atoms with Gasteiger partial charge in [0, 0.05) is 22.0 Å². The molecule has 5 heteroatoms. The second-order valence-electron chi connectivity index (χ2n) is 7.50. The minimum atomic E-state index is 0.316. The Bertz CT molecular complexity index is 974. The van der Waals surface area contributed by atoms with Crippen LogP contribution in [0.2, 0.25) is 0 Å². The first kappa shape index (κ1) is 20.8. The van der Waals surface area contributed by atoms with Gasteiger partial charge in [-0.1, -0.05) is 34.1 Å². The molecule has 4 rings (SSSR count). The minimum absolute atomic E-state index is 0.316. The number of hydrogen-bond donors (Lipinski definition) is 1. The summed E-state index contributed by atoms with van der Waals surface area (Å²) in [6, 6.07) is 23.3. The van der Waals surface area contributed by atoms with E-state index < -0.39 is 0 Å². The van der Waals surface area contributed by atoms with Crippen LogP contribution in [0.4, 0.5) is 0 Å². The summed E-state index contributed by atoms with van der Waals surface area (Å²) in [5.74, 6) is 2.62. The van der Waals surface area contributed by atoms with Gasteiger partial charge < -0.3 is 19.1 Å². The van der Waals surface area contributed by atoms with Crippen LogP contribution in [0.5, 0.6) is 17.2 Å². The number of halogens is 1. The van der Waals surface area contributed by atoms with Gasteiger partial charge in [-0.05, 0) is 61.0 Å². The molecule has 0 bridgehead atoms. The van der Waals surface area contributed by atoms with Crippen LogP contribution in [0.25, 0.3) is 0 Å². The van der Waals surface area contributed by atoms with Crippen LogP contribution in [0.1, 0.15) is 23.6 Å². The van der Waals surface area contributed by atoms with Crippen molar-refractivity contribution in [3.63, 3.8) is 0 Å². The number of hydrogen-bond acceptors (Lipinski definition) is 3. The third kappa shape index (κ3) is 5.55. The molecule has 0 fully saturated rings. The first-order chi connectivity index (χ1) is 14.7. The zero-order valence-corrected chi connectivity index (χ0v) is 18.8. The second kappa shape index (κ2) is 10.0. The Kier molecular flexibility index (Phi) is 6.92. The van der Waals surface area contributed by atoms with E-state index in [1.165, 1.54) is 21.6 Å². The molecule has 0 amide bonds. The maximum absolute atomic E-state index is 5.58. The van der Waals surface area contributed by atoms with Crippen LogP contribution in [-0.4, -0.2) is 19.9 Å². The molecule has 1 unspecified atom stereocenters. The van der Waals surface area contributed by atoms with Gasteiger partial charge in [0.05, 0.1) is 13.2 Å². The number of benzene rings is 3. The number of ether oxygens (including phenoxy) is 3. The van der Waals surface area contributed by atoms with Gasteiger partial charge in [-0.3, -0.25) is 0 Å². The summed E-state index contributed by atoms with van der Waals surface area (Å²) < 4.78 is 17.7. The van der Waals surface area contributed by atoms with E-state index in [1.807, 2.05) is 13.0 Å². The van der Waals surface area contributed by atoms with Crippen molar-refractivity contribution >= 4 is 15.9 Å². The van der Waals surface area contributed by atoms with Gasteiger partial charge in [-0.2, -0.15) is 0 Å². The number of rotatable bonds is 9. The van der Waals surface area contributed by atoms with E-state index in [0.29, 0.717) is 13.4 Å². The molecule has 1 atom stereocenters. The molecule has 1 heterocycles. The fourth-order valence-electron chi connectivity index (χ4n) is 3.75. The number of nitrogens with one attached hydrogen (secondary N) is 1. The third-order valence-electron chi connectivity index (χ3n) is 5.24. The lowest BCUT2D eigenvalue weighted by Gasteiger charge is -2.20. The fraction of sp³-hybridized carbons (Fsp3) is 0.280. The van der Waals surface area contributed by atoms with Crippen molar-refractivity contribution in [1.82, 2.24) is 0 Å². The largest absolute Gasteiger partial charge is 0.494 e. The highest BCUT2D eigenvalue weighted by molar-refractivity contribution is 9.10. The van der Waals surface area contributed by atoms with Gasteiger partial charge in [0.15, 0.2) is 11.5 Å². The molecule has 1 N–H and O–H groups in total. The number of quaternary nitrogens is 1. The molecule has 3 aromatic carbocycles. The van der Waals surface area contributed by atoms with E-state index >= 15 is 0 Å². The molecule has 3 aromatic rings. The van der Waals surface area contributed by atoms with Crippen molar-refractivity contribution < 1.29 is 19.1 Å². The summed E-state index contributed by atoms with van der Waals surface area (Å²) in [6.45, 7) is 5.97. The van der Waals surface area contributed by atoms with Crippen molar-refractivity contribution in [3.05, 3.63) is 87.9 Å². The van der Waals surface area contributed by atoms with E-state index in [1.54, 1.807) is 0 Å². The van der Waals surface area contributed by atoms with E-state index in [2.05, 4.69) is 76.6 Å². The van der Waals surface area contributed by atoms with Gasteiger partial charge in [0.25, 0.3) is 0 Å². The highest BCUT2D eigenvalue weighted by Gasteiger charge is 2.16. The van der Waals surface area contributed by atoms with Crippen LogP contribution in [0.15, 0.2) is 71.2 Å². The van der Waals surface area contributed by atoms with Crippen molar-refractivity contribution in [2.24, 2.45) is 0 Å². The third-order valence-corrected chi connectivity index (χ3v) is 5.73. The molecular formula is C25H27BrNO3+. The first-order valence-electron chi connectivity index (χ1n) is 10.4. The van der Waals surface area contributed by atoms with Crippen LogP contribution < -0.4 is 19.1 Å². The summed E-state index contributed by atoms with van der Waals surface area (Å²) in [4.78, 5) is 1.51. The molecule has 4 nitrogen and oxygen atoms in total. The Labute approximate surface area is 186 Å². The summed E-state index contributed by atoms with van der Waals surface area (Å²) in [7, 11) is 0. The molecule has 0 saturated heterocycles. The van der Waals surface area contributed by atoms with Crippen LogP contribution in [-0.2, 0) is 19.5 Å². The van der Waals surface area contributed by atoms with Crippen molar-refractivity contribution in [2.75, 3.05) is 19.9 Å². The fourth-order valence-corrected chi connectivity index (χ4v) is 4.20. The van der Waals surface area contributed by atoms with Crippen LogP contribution >= 0.6 is 15.9 Å². The molecule has 1 aliphatic heterocycles. The Morgan fingerprint density at radius 3 is 2.43 bits per heavy atom. The van der Waals surface area contributed by atoms with E-state index in [-0.39, 0.29) is 0 Å². The highest BCUT2D eigenvalue weighted by atomic mass is 79.9. The second-order valence-corrected chi connectivity index (χ2v) is 8.41. The molecule has 0 saturated carbocycles. The van der Waals surface area contributed by atoms with Gasteiger partial charge in [0.2, 0.25) is 6.79 Å². The maximum Gasteiger partial charge on any atom is 0.231 e. The standard InChI is InChI=1S/C25H26BrNO3/c1-2-28-23-9-6-20(7-10-23)16-27(17-21-4-3-5-22(26)14-21)13-12-19-8-11-24-25(15-19)30-18-29-24/h3-11,14-15H,2,12-13,16-18H2,1H3/p+1. The average molecular weight is 469 g/mol. The van der Waals surface area contributed by atoms with Gasteiger partial charge in [-0.25, -0.2) is 0 Å². The minimum Gasteiger partial charge on any atom is -0.494 e.